The molecular formula is C26H26BrN7O2. The number of hydrogen-bond donors (Lipinski definition) is 2. The first-order chi connectivity index (χ1) is 17.6. The largest absolute Gasteiger partial charge is 0.383 e. The summed E-state index contributed by atoms with van der Waals surface area (Å²) >= 11 is 3.56. The van der Waals surface area contributed by atoms with Crippen LogP contribution in [0.15, 0.2) is 71.2 Å². The highest BCUT2D eigenvalue weighted by molar-refractivity contribution is 9.10. The van der Waals surface area contributed by atoms with Crippen LogP contribution in [-0.4, -0.2) is 53.3 Å². The zero-order valence-corrected chi connectivity index (χ0v) is 21.4. The van der Waals surface area contributed by atoms with Gasteiger partial charge in [0, 0.05) is 48.6 Å². The molecule has 184 valence electrons. The van der Waals surface area contributed by atoms with Crippen molar-refractivity contribution in [1.29, 1.82) is 0 Å². The van der Waals surface area contributed by atoms with Crippen molar-refractivity contribution in [3.05, 3.63) is 71.2 Å². The molecule has 1 aromatic carbocycles. The number of pyridine rings is 2. The van der Waals surface area contributed by atoms with Crippen LogP contribution in [0.25, 0.3) is 33.4 Å². The quantitative estimate of drug-likeness (QED) is 0.245. The number of aromatic nitrogens is 4. The van der Waals surface area contributed by atoms with Crippen LogP contribution in [0, 0.1) is 0 Å². The minimum absolute atomic E-state index is 0.401. The lowest BCUT2D eigenvalue weighted by molar-refractivity contribution is 0.0207. The standard InChI is InChI=1S/C26H26BrN7O2/c1-35-11-12-36-33-20-7-9-34(10-8-20)23-6-5-18(15-29-23)22-14-21(17-3-2-4-19(27)13-17)24-25(28)30-16-31-26(24)32-22/h2-7,13-16,33H,8-12H2,1H3,(H2,28,30,31,32). The molecule has 0 unspecified atom stereocenters. The fourth-order valence-corrected chi connectivity index (χ4v) is 4.48. The van der Waals surface area contributed by atoms with E-state index in [1.807, 2.05) is 48.7 Å². The number of nitrogens with two attached hydrogens (primary N) is 1. The Morgan fingerprint density at radius 3 is 2.75 bits per heavy atom. The number of methoxy groups -OCH3 is 1. The number of hydroxylamine groups is 1. The van der Waals surface area contributed by atoms with Gasteiger partial charge in [-0.3, -0.25) is 10.3 Å². The molecular weight excluding hydrogens is 522 g/mol. The third kappa shape index (κ3) is 5.30. The molecule has 9 nitrogen and oxygen atoms in total. The van der Waals surface area contributed by atoms with Gasteiger partial charge in [0.2, 0.25) is 0 Å². The Labute approximate surface area is 217 Å². The third-order valence-corrected chi connectivity index (χ3v) is 6.43. The molecule has 0 aliphatic carbocycles. The molecule has 36 heavy (non-hydrogen) atoms. The zero-order chi connectivity index (χ0) is 24.9. The van der Waals surface area contributed by atoms with Crippen molar-refractivity contribution in [3.63, 3.8) is 0 Å². The van der Waals surface area contributed by atoms with Crippen molar-refractivity contribution in [1.82, 2.24) is 25.4 Å². The lowest BCUT2D eigenvalue weighted by Gasteiger charge is -2.27. The molecule has 0 fully saturated rings. The Balaban J connectivity index is 1.39. The molecule has 0 atom stereocenters. The summed E-state index contributed by atoms with van der Waals surface area (Å²) in [5.74, 6) is 1.31. The van der Waals surface area contributed by atoms with Gasteiger partial charge in [-0.15, -0.1) is 0 Å². The van der Waals surface area contributed by atoms with Gasteiger partial charge in [-0.25, -0.2) is 19.9 Å². The Morgan fingerprint density at radius 1 is 1.08 bits per heavy atom. The number of fused-ring (bicyclic) bond motifs is 1. The van der Waals surface area contributed by atoms with Crippen molar-refractivity contribution >= 4 is 38.6 Å². The second-order valence-electron chi connectivity index (χ2n) is 8.30. The molecule has 1 aliphatic heterocycles. The number of nitrogens with one attached hydrogen (secondary N) is 1. The van der Waals surface area contributed by atoms with E-state index in [1.54, 1.807) is 7.11 Å². The van der Waals surface area contributed by atoms with Gasteiger partial charge >= 0.3 is 0 Å². The van der Waals surface area contributed by atoms with Gasteiger partial charge in [-0.1, -0.05) is 28.1 Å². The Morgan fingerprint density at radius 2 is 2.00 bits per heavy atom. The van der Waals surface area contributed by atoms with Crippen LogP contribution in [0.3, 0.4) is 0 Å². The van der Waals surface area contributed by atoms with Crippen LogP contribution >= 0.6 is 15.9 Å². The molecule has 0 bridgehead atoms. The Bertz CT molecular complexity index is 1400. The van der Waals surface area contributed by atoms with Crippen LogP contribution in [-0.2, 0) is 9.57 Å². The fraction of sp³-hybridized carbons (Fsp3) is 0.231. The summed E-state index contributed by atoms with van der Waals surface area (Å²) in [6, 6.07) is 14.1. The summed E-state index contributed by atoms with van der Waals surface area (Å²) in [5, 5.41) is 0.736. The van der Waals surface area contributed by atoms with E-state index >= 15 is 0 Å². The topological polar surface area (TPSA) is 111 Å². The number of nitrogens with zero attached hydrogens (tertiary/aromatic N) is 5. The van der Waals surface area contributed by atoms with E-state index in [0.29, 0.717) is 24.7 Å². The molecule has 1 aliphatic rings. The second-order valence-corrected chi connectivity index (χ2v) is 9.21. The fourth-order valence-electron chi connectivity index (χ4n) is 4.08. The number of hydrogen-bond acceptors (Lipinski definition) is 9. The summed E-state index contributed by atoms with van der Waals surface area (Å²) in [7, 11) is 1.65. The molecule has 0 saturated heterocycles. The molecule has 0 radical (unpaired) electrons. The van der Waals surface area contributed by atoms with E-state index in [9.17, 15) is 0 Å². The number of halogens is 1. The predicted molar refractivity (Wildman–Crippen MR) is 144 cm³/mol. The van der Waals surface area contributed by atoms with E-state index < -0.39 is 0 Å². The van der Waals surface area contributed by atoms with Gasteiger partial charge in [-0.05, 0) is 47.5 Å². The second kappa shape index (κ2) is 11.0. The summed E-state index contributed by atoms with van der Waals surface area (Å²) in [6.45, 7) is 2.65. The van der Waals surface area contributed by atoms with Crippen molar-refractivity contribution in [2.24, 2.45) is 0 Å². The molecule has 3 aromatic heterocycles. The first-order valence-electron chi connectivity index (χ1n) is 11.6. The highest BCUT2D eigenvalue weighted by atomic mass is 79.9. The number of ether oxygens (including phenoxy) is 1. The van der Waals surface area contributed by atoms with Crippen LogP contribution in [0.5, 0.6) is 0 Å². The van der Waals surface area contributed by atoms with E-state index in [0.717, 1.165) is 63.3 Å². The lowest BCUT2D eigenvalue weighted by Crippen LogP contribution is -2.32. The molecule has 10 heteroatoms. The normalized spacial score (nSPS) is 13.6. The summed E-state index contributed by atoms with van der Waals surface area (Å²) < 4.78 is 5.96. The zero-order valence-electron chi connectivity index (χ0n) is 19.8. The van der Waals surface area contributed by atoms with Crippen molar-refractivity contribution in [2.75, 3.05) is 44.0 Å². The summed E-state index contributed by atoms with van der Waals surface area (Å²) in [4.78, 5) is 25.7. The van der Waals surface area contributed by atoms with Crippen molar-refractivity contribution in [2.45, 2.75) is 6.42 Å². The maximum absolute atomic E-state index is 6.23. The maximum atomic E-state index is 6.23. The third-order valence-electron chi connectivity index (χ3n) is 5.94. The number of nitrogen functional groups attached to an aromatic ring is 1. The highest BCUT2D eigenvalue weighted by Gasteiger charge is 2.16. The first kappa shape index (κ1) is 24.1. The van der Waals surface area contributed by atoms with E-state index in [1.165, 1.54) is 6.33 Å². The summed E-state index contributed by atoms with van der Waals surface area (Å²) in [6.07, 6.45) is 6.26. The Hall–Kier alpha value is -3.60. The predicted octanol–water partition coefficient (Wildman–Crippen LogP) is 4.36. The molecule has 4 aromatic rings. The van der Waals surface area contributed by atoms with Gasteiger partial charge < -0.3 is 15.4 Å². The SMILES string of the molecule is COCCONC1=CCN(c2ccc(-c3cc(-c4cccc(Br)c4)c4c(N)ncnc4n3)cn2)CC1. The lowest BCUT2D eigenvalue weighted by atomic mass is 10.0. The van der Waals surface area contributed by atoms with E-state index in [-0.39, 0.29) is 0 Å². The van der Waals surface area contributed by atoms with Crippen LogP contribution < -0.4 is 16.1 Å². The van der Waals surface area contributed by atoms with Gasteiger partial charge in [0.25, 0.3) is 0 Å². The molecule has 5 rings (SSSR count). The number of benzene rings is 1. The average Bonchev–Trinajstić information content (AvgIpc) is 2.91. The van der Waals surface area contributed by atoms with Gasteiger partial charge in [-0.2, -0.15) is 0 Å². The Kier molecular flexibility index (Phi) is 7.36. The number of anilines is 2. The van der Waals surface area contributed by atoms with Crippen LogP contribution in [0.4, 0.5) is 11.6 Å². The minimum Gasteiger partial charge on any atom is -0.383 e. The smallest absolute Gasteiger partial charge is 0.165 e. The molecule has 0 spiro atoms. The monoisotopic (exact) mass is 547 g/mol. The average molecular weight is 548 g/mol. The van der Waals surface area contributed by atoms with Crippen molar-refractivity contribution < 1.29 is 9.57 Å². The molecule has 0 amide bonds. The summed E-state index contributed by atoms with van der Waals surface area (Å²) in [5.41, 5.74) is 14.4. The van der Waals surface area contributed by atoms with E-state index in [4.69, 9.17) is 25.3 Å². The highest BCUT2D eigenvalue weighted by Crippen LogP contribution is 2.34. The van der Waals surface area contributed by atoms with E-state index in [2.05, 4.69) is 42.4 Å². The van der Waals surface area contributed by atoms with Gasteiger partial charge in [0.1, 0.15) is 18.0 Å². The van der Waals surface area contributed by atoms with Crippen LogP contribution in [0.2, 0.25) is 0 Å². The minimum atomic E-state index is 0.401. The molecule has 4 heterocycles. The maximum Gasteiger partial charge on any atom is 0.165 e. The van der Waals surface area contributed by atoms with Gasteiger partial charge in [0.15, 0.2) is 5.65 Å². The molecule has 0 saturated carbocycles. The number of rotatable bonds is 8. The van der Waals surface area contributed by atoms with Crippen LogP contribution in [0.1, 0.15) is 6.42 Å². The van der Waals surface area contributed by atoms with Gasteiger partial charge in [0.05, 0.1) is 24.3 Å². The first-order valence-corrected chi connectivity index (χ1v) is 12.4. The van der Waals surface area contributed by atoms with Crippen molar-refractivity contribution in [3.8, 4) is 22.4 Å². The molecule has 3 N–H and O–H groups in total.